The molecule has 102 valence electrons. The zero-order chi connectivity index (χ0) is 13.2. The van der Waals surface area contributed by atoms with E-state index in [-0.39, 0.29) is 5.91 Å². The summed E-state index contributed by atoms with van der Waals surface area (Å²) in [6, 6.07) is 7.51. The summed E-state index contributed by atoms with van der Waals surface area (Å²) in [4.78, 5) is 12.1. The molecule has 1 aromatic carbocycles. The Morgan fingerprint density at radius 2 is 2.05 bits per heavy atom. The van der Waals surface area contributed by atoms with Gasteiger partial charge >= 0.3 is 0 Å². The molecule has 2 fully saturated rings. The van der Waals surface area contributed by atoms with E-state index in [1.165, 1.54) is 25.7 Å². The van der Waals surface area contributed by atoms with E-state index < -0.39 is 0 Å². The summed E-state index contributed by atoms with van der Waals surface area (Å²) in [5, 5.41) is 2.99. The van der Waals surface area contributed by atoms with E-state index in [4.69, 9.17) is 4.74 Å². The van der Waals surface area contributed by atoms with Gasteiger partial charge in [-0.15, -0.1) is 0 Å². The van der Waals surface area contributed by atoms with Gasteiger partial charge in [-0.05, 0) is 61.3 Å². The SMILES string of the molecule is COc1ccc(NC(=O)C[C@H]2C[C@H]3CC[C@@H]2C3)cc1. The third-order valence-electron chi connectivity index (χ3n) is 4.71. The zero-order valence-electron chi connectivity index (χ0n) is 11.4. The lowest BCUT2D eigenvalue weighted by molar-refractivity contribution is -0.117. The van der Waals surface area contributed by atoms with Crippen LogP contribution in [-0.2, 0) is 4.79 Å². The number of anilines is 1. The first-order valence-electron chi connectivity index (χ1n) is 7.18. The lowest BCUT2D eigenvalue weighted by atomic mass is 9.86. The van der Waals surface area contributed by atoms with Crippen LogP contribution in [-0.4, -0.2) is 13.0 Å². The fourth-order valence-electron chi connectivity index (χ4n) is 3.75. The first kappa shape index (κ1) is 12.5. The quantitative estimate of drug-likeness (QED) is 0.899. The number of carbonyl (C=O) groups excluding carboxylic acids is 1. The maximum atomic E-state index is 12.1. The highest BCUT2D eigenvalue weighted by Crippen LogP contribution is 2.49. The summed E-state index contributed by atoms with van der Waals surface area (Å²) in [5.74, 6) is 3.31. The first-order valence-corrected chi connectivity index (χ1v) is 7.18. The normalized spacial score (nSPS) is 28.4. The van der Waals surface area contributed by atoms with Gasteiger partial charge in [0.05, 0.1) is 7.11 Å². The van der Waals surface area contributed by atoms with Crippen molar-refractivity contribution in [2.75, 3.05) is 12.4 Å². The molecule has 0 aromatic heterocycles. The summed E-state index contributed by atoms with van der Waals surface area (Å²) in [7, 11) is 1.64. The molecular weight excluding hydrogens is 238 g/mol. The molecule has 2 bridgehead atoms. The van der Waals surface area contributed by atoms with E-state index in [0.717, 1.165) is 23.3 Å². The van der Waals surface area contributed by atoms with Crippen LogP contribution in [0.2, 0.25) is 0 Å². The lowest BCUT2D eigenvalue weighted by Crippen LogP contribution is -2.20. The minimum absolute atomic E-state index is 0.155. The number of nitrogens with one attached hydrogen (secondary N) is 1. The molecule has 0 saturated heterocycles. The molecule has 0 spiro atoms. The van der Waals surface area contributed by atoms with Crippen LogP contribution >= 0.6 is 0 Å². The summed E-state index contributed by atoms with van der Waals surface area (Å²) in [5.41, 5.74) is 0.856. The summed E-state index contributed by atoms with van der Waals surface area (Å²) in [6.07, 6.45) is 6.04. The molecule has 0 heterocycles. The summed E-state index contributed by atoms with van der Waals surface area (Å²) >= 11 is 0. The Morgan fingerprint density at radius 3 is 2.63 bits per heavy atom. The highest BCUT2D eigenvalue weighted by molar-refractivity contribution is 5.90. The average molecular weight is 259 g/mol. The largest absolute Gasteiger partial charge is 0.497 e. The summed E-state index contributed by atoms with van der Waals surface area (Å²) in [6.45, 7) is 0. The highest BCUT2D eigenvalue weighted by Gasteiger charge is 2.40. The van der Waals surface area contributed by atoms with Gasteiger partial charge in [-0.25, -0.2) is 0 Å². The van der Waals surface area contributed by atoms with Crippen LogP contribution in [0.1, 0.15) is 32.1 Å². The van der Waals surface area contributed by atoms with Gasteiger partial charge in [0, 0.05) is 12.1 Å². The van der Waals surface area contributed by atoms with Crippen molar-refractivity contribution in [3.63, 3.8) is 0 Å². The predicted octanol–water partition coefficient (Wildman–Crippen LogP) is 3.46. The number of rotatable bonds is 4. The summed E-state index contributed by atoms with van der Waals surface area (Å²) < 4.78 is 5.10. The Morgan fingerprint density at radius 1 is 1.26 bits per heavy atom. The second kappa shape index (κ2) is 5.24. The van der Waals surface area contributed by atoms with Crippen LogP contribution in [0.4, 0.5) is 5.69 Å². The molecule has 3 atom stereocenters. The van der Waals surface area contributed by atoms with E-state index in [1.54, 1.807) is 7.11 Å². The first-order chi connectivity index (χ1) is 9.24. The molecule has 1 amide bonds. The maximum absolute atomic E-state index is 12.1. The predicted molar refractivity (Wildman–Crippen MR) is 75.2 cm³/mol. The van der Waals surface area contributed by atoms with Crippen molar-refractivity contribution in [1.29, 1.82) is 0 Å². The number of hydrogen-bond donors (Lipinski definition) is 1. The number of amides is 1. The van der Waals surface area contributed by atoms with Gasteiger partial charge in [-0.1, -0.05) is 6.42 Å². The molecule has 0 unspecified atom stereocenters. The van der Waals surface area contributed by atoms with Gasteiger partial charge in [0.2, 0.25) is 5.91 Å². The molecule has 2 aliphatic carbocycles. The van der Waals surface area contributed by atoms with E-state index in [1.807, 2.05) is 24.3 Å². The van der Waals surface area contributed by atoms with Crippen molar-refractivity contribution in [1.82, 2.24) is 0 Å². The molecule has 3 heteroatoms. The zero-order valence-corrected chi connectivity index (χ0v) is 11.4. The monoisotopic (exact) mass is 259 g/mol. The van der Waals surface area contributed by atoms with E-state index in [2.05, 4.69) is 5.32 Å². The fourth-order valence-corrected chi connectivity index (χ4v) is 3.75. The minimum Gasteiger partial charge on any atom is -0.497 e. The van der Waals surface area contributed by atoms with Crippen molar-refractivity contribution >= 4 is 11.6 Å². The lowest BCUT2D eigenvalue weighted by Gasteiger charge is -2.20. The van der Waals surface area contributed by atoms with Crippen molar-refractivity contribution in [2.45, 2.75) is 32.1 Å². The van der Waals surface area contributed by atoms with E-state index >= 15 is 0 Å². The molecule has 3 rings (SSSR count). The number of fused-ring (bicyclic) bond motifs is 2. The second-order valence-corrected chi connectivity index (χ2v) is 5.92. The van der Waals surface area contributed by atoms with Crippen LogP contribution in [0, 0.1) is 17.8 Å². The molecule has 1 N–H and O–H groups in total. The van der Waals surface area contributed by atoms with Crippen molar-refractivity contribution in [3.05, 3.63) is 24.3 Å². The maximum Gasteiger partial charge on any atom is 0.224 e. The van der Waals surface area contributed by atoms with Crippen LogP contribution in [0.3, 0.4) is 0 Å². The molecule has 1 aromatic rings. The van der Waals surface area contributed by atoms with Crippen LogP contribution in [0.25, 0.3) is 0 Å². The Hall–Kier alpha value is -1.51. The van der Waals surface area contributed by atoms with Gasteiger partial charge in [-0.2, -0.15) is 0 Å². The third-order valence-corrected chi connectivity index (χ3v) is 4.71. The van der Waals surface area contributed by atoms with Crippen molar-refractivity contribution < 1.29 is 9.53 Å². The molecule has 2 saturated carbocycles. The van der Waals surface area contributed by atoms with Crippen molar-refractivity contribution in [2.24, 2.45) is 17.8 Å². The number of methoxy groups -OCH3 is 1. The topological polar surface area (TPSA) is 38.3 Å². The Balaban J connectivity index is 1.53. The van der Waals surface area contributed by atoms with Crippen LogP contribution in [0.5, 0.6) is 5.75 Å². The average Bonchev–Trinajstić information content (AvgIpc) is 3.02. The Labute approximate surface area is 114 Å². The van der Waals surface area contributed by atoms with Gasteiger partial charge in [0.15, 0.2) is 0 Å². The van der Waals surface area contributed by atoms with Gasteiger partial charge in [0.1, 0.15) is 5.75 Å². The number of carbonyl (C=O) groups is 1. The van der Waals surface area contributed by atoms with Crippen LogP contribution in [0.15, 0.2) is 24.3 Å². The van der Waals surface area contributed by atoms with Gasteiger partial charge in [0.25, 0.3) is 0 Å². The number of ether oxygens (including phenoxy) is 1. The smallest absolute Gasteiger partial charge is 0.224 e. The van der Waals surface area contributed by atoms with Gasteiger partial charge < -0.3 is 10.1 Å². The minimum atomic E-state index is 0.155. The molecule has 3 nitrogen and oxygen atoms in total. The molecule has 19 heavy (non-hydrogen) atoms. The molecule has 2 aliphatic rings. The number of hydrogen-bond acceptors (Lipinski definition) is 2. The highest BCUT2D eigenvalue weighted by atomic mass is 16.5. The van der Waals surface area contributed by atoms with E-state index in [9.17, 15) is 4.79 Å². The second-order valence-electron chi connectivity index (χ2n) is 5.92. The Kier molecular flexibility index (Phi) is 3.45. The molecular formula is C16H21NO2. The third kappa shape index (κ3) is 2.75. The van der Waals surface area contributed by atoms with Gasteiger partial charge in [-0.3, -0.25) is 4.79 Å². The Bertz CT molecular complexity index is 454. The molecule has 0 radical (unpaired) electrons. The van der Waals surface area contributed by atoms with E-state index in [0.29, 0.717) is 12.3 Å². The van der Waals surface area contributed by atoms with Crippen LogP contribution < -0.4 is 10.1 Å². The standard InChI is InChI=1S/C16H21NO2/c1-19-15-6-4-14(5-7-15)17-16(18)10-13-9-11-2-3-12(13)8-11/h4-7,11-13H,2-3,8-10H2,1H3,(H,17,18)/t11-,12+,13+/m0/s1. The fraction of sp³-hybridized carbons (Fsp3) is 0.562. The van der Waals surface area contributed by atoms with Crippen molar-refractivity contribution in [3.8, 4) is 5.75 Å². The molecule has 0 aliphatic heterocycles. The number of benzene rings is 1.